The van der Waals surface area contributed by atoms with E-state index in [0.717, 1.165) is 17.0 Å². The molecule has 0 saturated heterocycles. The summed E-state index contributed by atoms with van der Waals surface area (Å²) in [5.41, 5.74) is 8.59. The predicted molar refractivity (Wildman–Crippen MR) is 119 cm³/mol. The Bertz CT molecular complexity index is 1240. The Morgan fingerprint density at radius 1 is 1.16 bits per heavy atom. The van der Waals surface area contributed by atoms with Gasteiger partial charge in [-0.15, -0.1) is 0 Å². The molecule has 4 rings (SSSR count). The number of rotatable bonds is 9. The molecule has 0 atom stereocenters. The first kappa shape index (κ1) is 21.0. The van der Waals surface area contributed by atoms with E-state index in [9.17, 15) is 10.1 Å². The predicted octanol–water partition coefficient (Wildman–Crippen LogP) is 3.13. The summed E-state index contributed by atoms with van der Waals surface area (Å²) in [7, 11) is 1.62. The van der Waals surface area contributed by atoms with Crippen molar-refractivity contribution < 1.29 is 14.4 Å². The van der Waals surface area contributed by atoms with Crippen LogP contribution in [0, 0.1) is 10.1 Å². The zero-order valence-electron chi connectivity index (χ0n) is 17.3. The van der Waals surface area contributed by atoms with Crippen LogP contribution < -0.4 is 15.8 Å². The molecule has 0 aliphatic rings. The smallest absolute Gasteiger partial charge is 0.269 e. The molecule has 0 bridgehead atoms. The van der Waals surface area contributed by atoms with Gasteiger partial charge in [0.05, 0.1) is 24.4 Å². The fraction of sp³-hybridized carbons (Fsp3) is 0.190. The van der Waals surface area contributed by atoms with Crippen LogP contribution >= 0.6 is 0 Å². The molecule has 4 aromatic rings. The number of nitrogens with zero attached hydrogens (tertiary/aromatic N) is 5. The van der Waals surface area contributed by atoms with Gasteiger partial charge in [0.2, 0.25) is 5.95 Å². The van der Waals surface area contributed by atoms with Crippen molar-refractivity contribution in [3.63, 3.8) is 0 Å². The molecule has 2 aromatic heterocycles. The summed E-state index contributed by atoms with van der Waals surface area (Å²) in [6.45, 7) is 1.33. The molecule has 2 aromatic carbocycles. The molecule has 0 unspecified atom stereocenters. The minimum absolute atomic E-state index is 0.0260. The lowest BCUT2D eigenvalue weighted by Crippen LogP contribution is -2.05. The number of hydrogen-bond acceptors (Lipinski definition) is 9. The number of nitrogens with one attached hydrogen (secondary N) is 1. The summed E-state index contributed by atoms with van der Waals surface area (Å²) < 4.78 is 12.3. The maximum atomic E-state index is 11.0. The van der Waals surface area contributed by atoms with Gasteiger partial charge in [-0.3, -0.25) is 10.1 Å². The Kier molecular flexibility index (Phi) is 6.08. The third kappa shape index (κ3) is 4.73. The van der Waals surface area contributed by atoms with Gasteiger partial charge in [0, 0.05) is 24.9 Å². The third-order valence-electron chi connectivity index (χ3n) is 4.63. The topological polar surface area (TPSA) is 143 Å². The average molecular weight is 435 g/mol. The lowest BCUT2D eigenvalue weighted by atomic mass is 10.2. The van der Waals surface area contributed by atoms with Crippen LogP contribution in [0.15, 0.2) is 54.9 Å². The van der Waals surface area contributed by atoms with Gasteiger partial charge in [0.1, 0.15) is 17.9 Å². The fourth-order valence-electron chi connectivity index (χ4n) is 3.11. The standard InChI is InChI=1S/C21H21N7O4/c1-31-9-10-32-17-7-5-15(6-8-17)24-21-25-19(22)18-20(26-21)27(13-23-18)12-14-3-2-4-16(11-14)28(29)30/h2-8,11,13H,9-10,12H2,1H3,(H3,22,24,25,26). The molecular weight excluding hydrogens is 414 g/mol. The van der Waals surface area contributed by atoms with Gasteiger partial charge in [-0.05, 0) is 29.8 Å². The lowest BCUT2D eigenvalue weighted by Gasteiger charge is -2.09. The van der Waals surface area contributed by atoms with Gasteiger partial charge in [0.25, 0.3) is 5.69 Å². The molecule has 0 aliphatic carbocycles. The summed E-state index contributed by atoms with van der Waals surface area (Å²) in [5.74, 6) is 1.26. The van der Waals surface area contributed by atoms with E-state index in [0.29, 0.717) is 36.9 Å². The van der Waals surface area contributed by atoms with E-state index < -0.39 is 4.92 Å². The number of hydrogen-bond donors (Lipinski definition) is 2. The monoisotopic (exact) mass is 435 g/mol. The number of non-ortho nitro benzene ring substituents is 1. The Hall–Kier alpha value is -4.25. The summed E-state index contributed by atoms with van der Waals surface area (Å²) >= 11 is 0. The van der Waals surface area contributed by atoms with Crippen LogP contribution in [0.1, 0.15) is 5.56 Å². The van der Waals surface area contributed by atoms with Crippen molar-refractivity contribution in [1.82, 2.24) is 19.5 Å². The minimum atomic E-state index is -0.425. The fourth-order valence-corrected chi connectivity index (χ4v) is 3.11. The number of imidazole rings is 1. The number of benzene rings is 2. The SMILES string of the molecule is COCCOc1ccc(Nc2nc(N)c3ncn(Cc4cccc([N+](=O)[O-])c4)c3n2)cc1. The third-order valence-corrected chi connectivity index (χ3v) is 4.63. The molecule has 3 N–H and O–H groups in total. The molecule has 164 valence electrons. The van der Waals surface area contributed by atoms with Crippen molar-refractivity contribution in [3.8, 4) is 5.75 Å². The highest BCUT2D eigenvalue weighted by Gasteiger charge is 2.13. The van der Waals surface area contributed by atoms with Gasteiger partial charge in [-0.2, -0.15) is 9.97 Å². The van der Waals surface area contributed by atoms with Gasteiger partial charge in [-0.1, -0.05) is 12.1 Å². The number of nitro benzene ring substituents is 1. The van der Waals surface area contributed by atoms with Crippen LogP contribution in [-0.4, -0.2) is 44.8 Å². The van der Waals surface area contributed by atoms with Gasteiger partial charge < -0.3 is 25.1 Å². The molecule has 11 heteroatoms. The largest absolute Gasteiger partial charge is 0.491 e. The van der Waals surface area contributed by atoms with Crippen molar-refractivity contribution in [1.29, 1.82) is 0 Å². The summed E-state index contributed by atoms with van der Waals surface area (Å²) in [6, 6.07) is 13.7. The quantitative estimate of drug-likeness (QED) is 0.230. The average Bonchev–Trinajstić information content (AvgIpc) is 3.18. The van der Waals surface area contributed by atoms with Crippen LogP contribution in [0.4, 0.5) is 23.1 Å². The zero-order valence-corrected chi connectivity index (χ0v) is 17.3. The normalized spacial score (nSPS) is 10.9. The van der Waals surface area contributed by atoms with Crippen molar-refractivity contribution in [2.24, 2.45) is 0 Å². The molecule has 0 spiro atoms. The molecular formula is C21H21N7O4. The van der Waals surface area contributed by atoms with Crippen molar-refractivity contribution in [2.45, 2.75) is 6.54 Å². The molecule has 2 heterocycles. The second-order valence-corrected chi connectivity index (χ2v) is 6.89. The van der Waals surface area contributed by atoms with E-state index in [4.69, 9.17) is 15.2 Å². The second-order valence-electron chi connectivity index (χ2n) is 6.89. The maximum Gasteiger partial charge on any atom is 0.269 e. The molecule has 0 aliphatic heterocycles. The number of ether oxygens (including phenoxy) is 2. The molecule has 0 amide bonds. The van der Waals surface area contributed by atoms with Crippen LogP contribution in [0.25, 0.3) is 11.2 Å². The highest BCUT2D eigenvalue weighted by atomic mass is 16.6. The van der Waals surface area contributed by atoms with Crippen molar-refractivity contribution in [2.75, 3.05) is 31.4 Å². The molecule has 0 saturated carbocycles. The number of methoxy groups -OCH3 is 1. The molecule has 32 heavy (non-hydrogen) atoms. The van der Waals surface area contributed by atoms with Gasteiger partial charge in [0.15, 0.2) is 11.5 Å². The number of aromatic nitrogens is 4. The van der Waals surface area contributed by atoms with Crippen molar-refractivity contribution in [3.05, 3.63) is 70.5 Å². The van der Waals surface area contributed by atoms with Crippen LogP contribution in [0.3, 0.4) is 0 Å². The van der Waals surface area contributed by atoms with E-state index in [2.05, 4.69) is 20.3 Å². The maximum absolute atomic E-state index is 11.0. The van der Waals surface area contributed by atoms with Crippen LogP contribution in [0.5, 0.6) is 5.75 Å². The number of nitrogens with two attached hydrogens (primary N) is 1. The molecule has 0 radical (unpaired) electrons. The number of nitrogen functional groups attached to an aromatic ring is 1. The number of nitro groups is 1. The molecule has 0 fully saturated rings. The Morgan fingerprint density at radius 3 is 2.72 bits per heavy atom. The van der Waals surface area contributed by atoms with Gasteiger partial charge in [-0.25, -0.2) is 4.98 Å². The summed E-state index contributed by atoms with van der Waals surface area (Å²) in [5, 5.41) is 14.2. The van der Waals surface area contributed by atoms with E-state index in [1.54, 1.807) is 30.1 Å². The highest BCUT2D eigenvalue weighted by molar-refractivity contribution is 5.83. The van der Waals surface area contributed by atoms with E-state index in [1.165, 1.54) is 12.1 Å². The van der Waals surface area contributed by atoms with E-state index in [1.807, 2.05) is 24.3 Å². The first-order chi connectivity index (χ1) is 15.5. The minimum Gasteiger partial charge on any atom is -0.491 e. The summed E-state index contributed by atoms with van der Waals surface area (Å²) in [6.07, 6.45) is 1.59. The van der Waals surface area contributed by atoms with E-state index >= 15 is 0 Å². The Balaban J connectivity index is 1.55. The Morgan fingerprint density at radius 2 is 1.97 bits per heavy atom. The van der Waals surface area contributed by atoms with Crippen LogP contribution in [-0.2, 0) is 11.3 Å². The molecule has 11 nitrogen and oxygen atoms in total. The summed E-state index contributed by atoms with van der Waals surface area (Å²) in [4.78, 5) is 23.7. The lowest BCUT2D eigenvalue weighted by molar-refractivity contribution is -0.384. The highest BCUT2D eigenvalue weighted by Crippen LogP contribution is 2.23. The van der Waals surface area contributed by atoms with Crippen molar-refractivity contribution >= 4 is 34.3 Å². The zero-order chi connectivity index (χ0) is 22.5. The van der Waals surface area contributed by atoms with Gasteiger partial charge >= 0.3 is 0 Å². The number of fused-ring (bicyclic) bond motifs is 1. The first-order valence-electron chi connectivity index (χ1n) is 9.74. The second kappa shape index (κ2) is 9.27. The number of anilines is 3. The first-order valence-corrected chi connectivity index (χ1v) is 9.74. The Labute approximate surface area is 183 Å². The van der Waals surface area contributed by atoms with E-state index in [-0.39, 0.29) is 11.5 Å². The van der Waals surface area contributed by atoms with Crippen LogP contribution in [0.2, 0.25) is 0 Å².